The lowest BCUT2D eigenvalue weighted by atomic mass is 9.69. The van der Waals surface area contributed by atoms with Crippen LogP contribution in [-0.2, 0) is 0 Å². The fourth-order valence-electron chi connectivity index (χ4n) is 4.36. The molecule has 1 aromatic carbocycles. The molecule has 0 spiro atoms. The van der Waals surface area contributed by atoms with E-state index in [9.17, 15) is 10.1 Å². The van der Waals surface area contributed by atoms with Gasteiger partial charge in [-0.1, -0.05) is 32.9 Å². The first-order valence-corrected chi connectivity index (χ1v) is 7.36. The Morgan fingerprint density at radius 3 is 2.55 bits per heavy atom. The van der Waals surface area contributed by atoms with Gasteiger partial charge in [0.2, 0.25) is 0 Å². The Morgan fingerprint density at radius 1 is 1.30 bits per heavy atom. The van der Waals surface area contributed by atoms with Crippen molar-refractivity contribution in [3.63, 3.8) is 0 Å². The second-order valence-electron chi connectivity index (χ2n) is 7.08. The summed E-state index contributed by atoms with van der Waals surface area (Å²) in [6.07, 6.45) is 3.62. The molecule has 0 saturated heterocycles. The molecule has 2 aliphatic carbocycles. The molecule has 3 rings (SSSR count). The molecule has 108 valence electrons. The van der Waals surface area contributed by atoms with Gasteiger partial charge < -0.3 is 5.32 Å². The third kappa shape index (κ3) is 1.67. The molecule has 4 heteroatoms. The number of para-hydroxylation sites is 2. The molecular weight excluding hydrogens is 252 g/mol. The average Bonchev–Trinajstić information content (AvgIpc) is 2.72. The standard InChI is InChI=1S/C16H22N2O2/c1-15(2)11-8-9-16(15,3)14(10-11)17-12-6-4-5-7-13(12)18(19)20/h4-7,11,14,17H,8-10H2,1-3H3. The minimum Gasteiger partial charge on any atom is -0.376 e. The maximum atomic E-state index is 11.1. The van der Waals surface area contributed by atoms with E-state index in [0.29, 0.717) is 17.1 Å². The van der Waals surface area contributed by atoms with E-state index >= 15 is 0 Å². The highest BCUT2D eigenvalue weighted by molar-refractivity contribution is 5.62. The summed E-state index contributed by atoms with van der Waals surface area (Å²) in [7, 11) is 0. The van der Waals surface area contributed by atoms with Crippen molar-refractivity contribution in [3.05, 3.63) is 34.4 Å². The maximum Gasteiger partial charge on any atom is 0.292 e. The number of nitrogens with one attached hydrogen (secondary N) is 1. The first-order chi connectivity index (χ1) is 9.36. The second-order valence-corrected chi connectivity index (χ2v) is 7.08. The van der Waals surface area contributed by atoms with Gasteiger partial charge in [0.05, 0.1) is 4.92 Å². The van der Waals surface area contributed by atoms with Gasteiger partial charge in [-0.15, -0.1) is 0 Å². The summed E-state index contributed by atoms with van der Waals surface area (Å²) >= 11 is 0. The predicted octanol–water partition coefficient (Wildman–Crippen LogP) is 4.22. The van der Waals surface area contributed by atoms with Gasteiger partial charge in [-0.05, 0) is 42.1 Å². The van der Waals surface area contributed by atoms with E-state index in [1.165, 1.54) is 12.8 Å². The number of nitro groups is 1. The number of benzene rings is 1. The van der Waals surface area contributed by atoms with E-state index in [0.717, 1.165) is 12.3 Å². The zero-order chi connectivity index (χ0) is 14.5. The Kier molecular flexibility index (Phi) is 2.82. The summed E-state index contributed by atoms with van der Waals surface area (Å²) in [4.78, 5) is 10.8. The third-order valence-corrected chi connectivity index (χ3v) is 6.22. The molecule has 3 unspecified atom stereocenters. The summed E-state index contributed by atoms with van der Waals surface area (Å²) in [6, 6.07) is 7.30. The molecular formula is C16H22N2O2. The molecule has 2 saturated carbocycles. The Bertz CT molecular complexity index is 555. The van der Waals surface area contributed by atoms with Crippen molar-refractivity contribution in [2.75, 3.05) is 5.32 Å². The van der Waals surface area contributed by atoms with Crippen molar-refractivity contribution < 1.29 is 4.92 Å². The van der Waals surface area contributed by atoms with Crippen LogP contribution in [0.2, 0.25) is 0 Å². The Balaban J connectivity index is 1.89. The van der Waals surface area contributed by atoms with Gasteiger partial charge >= 0.3 is 0 Å². The normalized spacial score (nSPS) is 34.1. The lowest BCUT2D eigenvalue weighted by Crippen LogP contribution is -2.40. The SMILES string of the molecule is CC1(C)C2CCC1(C)C(Nc1ccccc1[N+](=O)[O-])C2. The molecule has 3 atom stereocenters. The number of nitrogens with zero attached hydrogens (tertiary/aromatic N) is 1. The molecule has 0 amide bonds. The highest BCUT2D eigenvalue weighted by Crippen LogP contribution is 2.66. The topological polar surface area (TPSA) is 55.2 Å². The molecule has 2 fully saturated rings. The van der Waals surface area contributed by atoms with Gasteiger partial charge in [0, 0.05) is 12.1 Å². The van der Waals surface area contributed by atoms with E-state index < -0.39 is 0 Å². The minimum atomic E-state index is -0.303. The molecule has 20 heavy (non-hydrogen) atoms. The number of fused-ring (bicyclic) bond motifs is 2. The summed E-state index contributed by atoms with van der Waals surface area (Å²) in [6.45, 7) is 7.05. The van der Waals surface area contributed by atoms with Crippen LogP contribution in [0.25, 0.3) is 0 Å². The number of nitro benzene ring substituents is 1. The molecule has 1 aromatic rings. The van der Waals surface area contributed by atoms with Gasteiger partial charge in [-0.2, -0.15) is 0 Å². The summed E-state index contributed by atoms with van der Waals surface area (Å²) in [5.41, 5.74) is 1.37. The van der Waals surface area contributed by atoms with E-state index in [4.69, 9.17) is 0 Å². The smallest absolute Gasteiger partial charge is 0.292 e. The Hall–Kier alpha value is -1.58. The van der Waals surface area contributed by atoms with Crippen molar-refractivity contribution in [1.82, 2.24) is 0 Å². The molecule has 4 nitrogen and oxygen atoms in total. The molecule has 1 N–H and O–H groups in total. The first-order valence-electron chi connectivity index (χ1n) is 7.36. The van der Waals surface area contributed by atoms with Crippen LogP contribution in [0.4, 0.5) is 11.4 Å². The average molecular weight is 274 g/mol. The van der Waals surface area contributed by atoms with E-state index in [-0.39, 0.29) is 16.0 Å². The van der Waals surface area contributed by atoms with Crippen LogP contribution in [0.15, 0.2) is 24.3 Å². The lowest BCUT2D eigenvalue weighted by Gasteiger charge is -2.39. The van der Waals surface area contributed by atoms with E-state index in [1.807, 2.05) is 12.1 Å². The van der Waals surface area contributed by atoms with E-state index in [2.05, 4.69) is 26.1 Å². The summed E-state index contributed by atoms with van der Waals surface area (Å²) in [5.74, 6) is 0.729. The van der Waals surface area contributed by atoms with Gasteiger partial charge in [0.1, 0.15) is 5.69 Å². The number of hydrogen-bond donors (Lipinski definition) is 1. The van der Waals surface area contributed by atoms with Crippen LogP contribution in [0.3, 0.4) is 0 Å². The summed E-state index contributed by atoms with van der Waals surface area (Å²) < 4.78 is 0. The third-order valence-electron chi connectivity index (χ3n) is 6.22. The first kappa shape index (κ1) is 13.4. The zero-order valence-electron chi connectivity index (χ0n) is 12.3. The number of rotatable bonds is 3. The van der Waals surface area contributed by atoms with Crippen LogP contribution in [-0.4, -0.2) is 11.0 Å². The monoisotopic (exact) mass is 274 g/mol. The fourth-order valence-corrected chi connectivity index (χ4v) is 4.36. The van der Waals surface area contributed by atoms with E-state index in [1.54, 1.807) is 12.1 Å². The quantitative estimate of drug-likeness (QED) is 0.663. The van der Waals surface area contributed by atoms with Gasteiger partial charge in [0.25, 0.3) is 5.69 Å². The molecule has 0 heterocycles. The van der Waals surface area contributed by atoms with Crippen molar-refractivity contribution in [2.24, 2.45) is 16.7 Å². The molecule has 2 bridgehead atoms. The largest absolute Gasteiger partial charge is 0.376 e. The van der Waals surface area contributed by atoms with Crippen LogP contribution >= 0.6 is 0 Å². The summed E-state index contributed by atoms with van der Waals surface area (Å²) in [5, 5.41) is 14.6. The van der Waals surface area contributed by atoms with Gasteiger partial charge in [0.15, 0.2) is 0 Å². The van der Waals surface area contributed by atoms with Crippen LogP contribution in [0, 0.1) is 26.9 Å². The molecule has 0 aromatic heterocycles. The highest BCUT2D eigenvalue weighted by Gasteiger charge is 2.61. The minimum absolute atomic E-state index is 0.177. The fraction of sp³-hybridized carbons (Fsp3) is 0.625. The molecule has 2 aliphatic rings. The van der Waals surface area contributed by atoms with Crippen molar-refractivity contribution in [3.8, 4) is 0 Å². The number of hydrogen-bond acceptors (Lipinski definition) is 3. The van der Waals surface area contributed by atoms with Crippen LogP contribution in [0.5, 0.6) is 0 Å². The molecule has 0 radical (unpaired) electrons. The Morgan fingerprint density at radius 2 is 2.00 bits per heavy atom. The van der Waals surface area contributed by atoms with Crippen LogP contribution < -0.4 is 5.32 Å². The predicted molar refractivity (Wildman–Crippen MR) is 79.7 cm³/mol. The van der Waals surface area contributed by atoms with Crippen LogP contribution in [0.1, 0.15) is 40.0 Å². The van der Waals surface area contributed by atoms with Crippen molar-refractivity contribution in [2.45, 2.75) is 46.1 Å². The van der Waals surface area contributed by atoms with Crippen molar-refractivity contribution >= 4 is 11.4 Å². The van der Waals surface area contributed by atoms with Gasteiger partial charge in [-0.3, -0.25) is 10.1 Å². The zero-order valence-corrected chi connectivity index (χ0v) is 12.3. The maximum absolute atomic E-state index is 11.1. The van der Waals surface area contributed by atoms with Crippen molar-refractivity contribution in [1.29, 1.82) is 0 Å². The second kappa shape index (κ2) is 4.21. The Labute approximate surface area is 119 Å². The highest BCUT2D eigenvalue weighted by atomic mass is 16.6. The van der Waals surface area contributed by atoms with Gasteiger partial charge in [-0.25, -0.2) is 0 Å². The number of anilines is 1. The lowest BCUT2D eigenvalue weighted by molar-refractivity contribution is -0.384. The molecule has 0 aliphatic heterocycles.